The van der Waals surface area contributed by atoms with Gasteiger partial charge in [-0.05, 0) is 30.4 Å². The maximum Gasteiger partial charge on any atom is 0.0349 e. The minimum Gasteiger partial charge on any atom is -0.398 e. The molecule has 0 aliphatic carbocycles. The van der Waals surface area contributed by atoms with Gasteiger partial charge >= 0.3 is 0 Å². The molecule has 0 radical (unpaired) electrons. The lowest BCUT2D eigenvalue weighted by Gasteiger charge is -2.19. The van der Waals surface area contributed by atoms with Crippen molar-refractivity contribution < 1.29 is 0 Å². The predicted molar refractivity (Wildman–Crippen MR) is 105 cm³/mol. The molecular formula is C22H39N. The molecule has 23 heavy (non-hydrogen) atoms. The zero-order valence-electron chi connectivity index (χ0n) is 15.7. The molecule has 1 aromatic rings. The summed E-state index contributed by atoms with van der Waals surface area (Å²) in [5, 5.41) is 0. The Kier molecular flexibility index (Phi) is 11.7. The molecular weight excluding hydrogens is 278 g/mol. The van der Waals surface area contributed by atoms with Gasteiger partial charge in [0.2, 0.25) is 0 Å². The highest BCUT2D eigenvalue weighted by molar-refractivity contribution is 5.48. The van der Waals surface area contributed by atoms with E-state index >= 15 is 0 Å². The minimum atomic E-state index is 0.670. The van der Waals surface area contributed by atoms with Gasteiger partial charge in [0.25, 0.3) is 0 Å². The smallest absolute Gasteiger partial charge is 0.0349 e. The van der Waals surface area contributed by atoms with Crippen LogP contribution in [0.2, 0.25) is 0 Å². The lowest BCUT2D eigenvalue weighted by Crippen LogP contribution is -2.03. The monoisotopic (exact) mass is 317 g/mol. The summed E-state index contributed by atoms with van der Waals surface area (Å²) in [5.41, 5.74) is 8.63. The second-order valence-corrected chi connectivity index (χ2v) is 7.09. The van der Waals surface area contributed by atoms with Crippen molar-refractivity contribution in [1.29, 1.82) is 0 Å². The molecule has 0 aliphatic heterocycles. The largest absolute Gasteiger partial charge is 0.398 e. The fourth-order valence-electron chi connectivity index (χ4n) is 3.50. The summed E-state index contributed by atoms with van der Waals surface area (Å²) in [6.45, 7) is 4.57. The third kappa shape index (κ3) is 9.03. The van der Waals surface area contributed by atoms with Crippen LogP contribution in [-0.2, 0) is 0 Å². The van der Waals surface area contributed by atoms with Crippen molar-refractivity contribution in [3.05, 3.63) is 29.8 Å². The Labute approximate surface area is 145 Å². The maximum absolute atomic E-state index is 6.24. The van der Waals surface area contributed by atoms with Gasteiger partial charge in [-0.25, -0.2) is 0 Å². The predicted octanol–water partition coefficient (Wildman–Crippen LogP) is 7.46. The van der Waals surface area contributed by atoms with Gasteiger partial charge in [0, 0.05) is 5.69 Å². The summed E-state index contributed by atoms with van der Waals surface area (Å²) in [6, 6.07) is 8.52. The van der Waals surface area contributed by atoms with Crippen LogP contribution in [0, 0.1) is 0 Å². The van der Waals surface area contributed by atoms with E-state index in [2.05, 4.69) is 38.1 Å². The van der Waals surface area contributed by atoms with Gasteiger partial charge in [0.05, 0.1) is 0 Å². The highest BCUT2D eigenvalue weighted by Crippen LogP contribution is 2.32. The van der Waals surface area contributed by atoms with E-state index in [4.69, 9.17) is 5.73 Å². The topological polar surface area (TPSA) is 26.0 Å². The van der Waals surface area contributed by atoms with Crippen LogP contribution in [0.25, 0.3) is 0 Å². The fraction of sp³-hybridized carbons (Fsp3) is 0.727. The van der Waals surface area contributed by atoms with Gasteiger partial charge in [0.1, 0.15) is 0 Å². The van der Waals surface area contributed by atoms with Gasteiger partial charge in [-0.2, -0.15) is 0 Å². The molecule has 1 heteroatoms. The van der Waals surface area contributed by atoms with E-state index in [-0.39, 0.29) is 0 Å². The summed E-state index contributed by atoms with van der Waals surface area (Å²) in [5.74, 6) is 0.670. The van der Waals surface area contributed by atoms with Gasteiger partial charge in [0.15, 0.2) is 0 Å². The SMILES string of the molecule is CCCCCCCCCC(CCCCCC)c1ccccc1N. The van der Waals surface area contributed by atoms with E-state index < -0.39 is 0 Å². The summed E-state index contributed by atoms with van der Waals surface area (Å²) in [7, 11) is 0. The fourth-order valence-corrected chi connectivity index (χ4v) is 3.50. The molecule has 1 aromatic carbocycles. The number of hydrogen-bond donors (Lipinski definition) is 1. The molecule has 0 aromatic heterocycles. The average molecular weight is 318 g/mol. The summed E-state index contributed by atoms with van der Waals surface area (Å²) >= 11 is 0. The van der Waals surface area contributed by atoms with E-state index in [0.29, 0.717) is 5.92 Å². The van der Waals surface area contributed by atoms with Gasteiger partial charge in [-0.3, -0.25) is 0 Å². The molecule has 1 rings (SSSR count). The molecule has 0 spiro atoms. The van der Waals surface area contributed by atoms with E-state index in [9.17, 15) is 0 Å². The Bertz CT molecular complexity index is 385. The first-order valence-corrected chi connectivity index (χ1v) is 10.1. The summed E-state index contributed by atoms with van der Waals surface area (Å²) in [6.07, 6.45) is 17.8. The van der Waals surface area contributed by atoms with E-state index in [1.54, 1.807) is 0 Å². The Morgan fingerprint density at radius 3 is 1.74 bits per heavy atom. The summed E-state index contributed by atoms with van der Waals surface area (Å²) in [4.78, 5) is 0. The number of unbranched alkanes of at least 4 members (excludes halogenated alkanes) is 9. The molecule has 0 bridgehead atoms. The summed E-state index contributed by atoms with van der Waals surface area (Å²) < 4.78 is 0. The highest BCUT2D eigenvalue weighted by Gasteiger charge is 2.13. The zero-order chi connectivity index (χ0) is 16.8. The second kappa shape index (κ2) is 13.5. The molecule has 1 nitrogen and oxygen atoms in total. The standard InChI is InChI=1S/C22H39N/c1-3-5-7-9-10-11-13-17-20(16-12-8-6-4-2)21-18-14-15-19-22(21)23/h14-15,18-20H,3-13,16-17,23H2,1-2H3. The molecule has 1 atom stereocenters. The number of para-hydroxylation sites is 1. The molecule has 0 saturated heterocycles. The Morgan fingerprint density at radius 2 is 1.17 bits per heavy atom. The van der Waals surface area contributed by atoms with Crippen molar-refractivity contribution in [2.24, 2.45) is 0 Å². The Morgan fingerprint density at radius 1 is 0.696 bits per heavy atom. The number of benzene rings is 1. The molecule has 0 aliphatic rings. The molecule has 132 valence electrons. The number of anilines is 1. The average Bonchev–Trinajstić information content (AvgIpc) is 2.56. The number of nitrogen functional groups attached to an aromatic ring is 1. The lowest BCUT2D eigenvalue weighted by molar-refractivity contribution is 0.490. The van der Waals surface area contributed by atoms with Crippen molar-refractivity contribution in [3.63, 3.8) is 0 Å². The van der Waals surface area contributed by atoms with Crippen molar-refractivity contribution in [1.82, 2.24) is 0 Å². The Hall–Kier alpha value is -0.980. The molecule has 2 N–H and O–H groups in total. The number of hydrogen-bond acceptors (Lipinski definition) is 1. The maximum atomic E-state index is 6.24. The van der Waals surface area contributed by atoms with Crippen LogP contribution in [0.15, 0.2) is 24.3 Å². The quantitative estimate of drug-likeness (QED) is 0.279. The van der Waals surface area contributed by atoms with Crippen LogP contribution in [0.5, 0.6) is 0 Å². The van der Waals surface area contributed by atoms with Crippen molar-refractivity contribution in [2.75, 3.05) is 5.73 Å². The van der Waals surface area contributed by atoms with Crippen LogP contribution >= 0.6 is 0 Å². The van der Waals surface area contributed by atoms with Crippen LogP contribution in [0.1, 0.15) is 109 Å². The van der Waals surface area contributed by atoms with E-state index in [0.717, 1.165) is 5.69 Å². The molecule has 1 unspecified atom stereocenters. The minimum absolute atomic E-state index is 0.670. The lowest BCUT2D eigenvalue weighted by atomic mass is 9.87. The van der Waals surface area contributed by atoms with Crippen LogP contribution in [0.3, 0.4) is 0 Å². The third-order valence-corrected chi connectivity index (χ3v) is 5.00. The third-order valence-electron chi connectivity index (χ3n) is 5.00. The first kappa shape index (κ1) is 20.1. The zero-order valence-corrected chi connectivity index (χ0v) is 15.7. The molecule has 0 amide bonds. The van der Waals surface area contributed by atoms with Gasteiger partial charge in [-0.1, -0.05) is 103 Å². The molecule has 0 saturated carbocycles. The van der Waals surface area contributed by atoms with Crippen molar-refractivity contribution >= 4 is 5.69 Å². The first-order chi connectivity index (χ1) is 11.3. The first-order valence-electron chi connectivity index (χ1n) is 10.1. The van der Waals surface area contributed by atoms with Gasteiger partial charge < -0.3 is 5.73 Å². The van der Waals surface area contributed by atoms with Gasteiger partial charge in [-0.15, -0.1) is 0 Å². The van der Waals surface area contributed by atoms with Crippen LogP contribution in [-0.4, -0.2) is 0 Å². The van der Waals surface area contributed by atoms with E-state index in [1.165, 1.54) is 89.0 Å². The number of nitrogens with two attached hydrogens (primary N) is 1. The highest BCUT2D eigenvalue weighted by atomic mass is 14.6. The normalized spacial score (nSPS) is 12.4. The van der Waals surface area contributed by atoms with Crippen LogP contribution < -0.4 is 5.73 Å². The Balaban J connectivity index is 2.37. The van der Waals surface area contributed by atoms with Crippen molar-refractivity contribution in [2.45, 2.75) is 103 Å². The molecule has 0 fully saturated rings. The molecule has 0 heterocycles. The van der Waals surface area contributed by atoms with Crippen LogP contribution in [0.4, 0.5) is 5.69 Å². The second-order valence-electron chi connectivity index (χ2n) is 7.09. The van der Waals surface area contributed by atoms with E-state index in [1.807, 2.05) is 0 Å². The van der Waals surface area contributed by atoms with Crippen molar-refractivity contribution in [3.8, 4) is 0 Å². The number of rotatable bonds is 14.